The zero-order chi connectivity index (χ0) is 25.9. The topological polar surface area (TPSA) is 79.9 Å². The number of para-hydroxylation sites is 2. The highest BCUT2D eigenvalue weighted by atomic mass is 16.5. The van der Waals surface area contributed by atoms with Gasteiger partial charge < -0.3 is 20.1 Å². The molecule has 4 aromatic carbocycles. The van der Waals surface area contributed by atoms with Gasteiger partial charge in [-0.05, 0) is 67.6 Å². The average Bonchev–Trinajstić information content (AvgIpc) is 2.93. The number of carbonyl (C=O) groups excluding carboxylic acids is 2. The van der Waals surface area contributed by atoms with Crippen LogP contribution in [0.15, 0.2) is 109 Å². The van der Waals surface area contributed by atoms with E-state index in [0.29, 0.717) is 22.9 Å². The number of hydrogen-bond acceptors (Lipinski definition) is 4. The average molecular weight is 496 g/mol. The van der Waals surface area contributed by atoms with E-state index in [1.165, 1.54) is 0 Å². The molecule has 188 valence electrons. The Bertz CT molecular complexity index is 1280. The van der Waals surface area contributed by atoms with Crippen LogP contribution in [-0.2, 0) is 4.79 Å². The minimum absolute atomic E-state index is 0.106. The molecular weight excluding hydrogens is 466 g/mol. The smallest absolute Gasteiger partial charge is 0.326 e. The first kappa shape index (κ1) is 25.3. The largest absolute Gasteiger partial charge is 0.484 e. The Kier molecular flexibility index (Phi) is 8.75. The summed E-state index contributed by atoms with van der Waals surface area (Å²) in [6.45, 7) is 2.39. The Morgan fingerprint density at radius 3 is 1.97 bits per heavy atom. The van der Waals surface area contributed by atoms with Gasteiger partial charge in [-0.2, -0.15) is 0 Å². The molecule has 2 N–H and O–H groups in total. The molecule has 7 heteroatoms. The summed E-state index contributed by atoms with van der Waals surface area (Å²) in [4.78, 5) is 27.1. The van der Waals surface area contributed by atoms with E-state index in [-0.39, 0.29) is 31.6 Å². The number of hydrogen-bond donors (Lipinski definition) is 2. The van der Waals surface area contributed by atoms with Gasteiger partial charge in [0.15, 0.2) is 6.61 Å². The first-order chi connectivity index (χ1) is 18.1. The monoisotopic (exact) mass is 495 g/mol. The van der Waals surface area contributed by atoms with Crippen molar-refractivity contribution in [2.75, 3.05) is 29.9 Å². The molecule has 0 spiro atoms. The van der Waals surface area contributed by atoms with Gasteiger partial charge in [-0.15, -0.1) is 0 Å². The molecule has 0 aliphatic heterocycles. The molecule has 0 unspecified atom stereocenters. The maximum absolute atomic E-state index is 13.2. The van der Waals surface area contributed by atoms with Crippen LogP contribution in [0, 0.1) is 6.92 Å². The second kappa shape index (κ2) is 12.8. The van der Waals surface area contributed by atoms with E-state index in [9.17, 15) is 9.59 Å². The Hall–Kier alpha value is -4.78. The van der Waals surface area contributed by atoms with Crippen molar-refractivity contribution in [1.29, 1.82) is 0 Å². The summed E-state index contributed by atoms with van der Waals surface area (Å²) >= 11 is 0. The number of aryl methyl sites for hydroxylation is 1. The van der Waals surface area contributed by atoms with Crippen molar-refractivity contribution < 1.29 is 19.1 Å². The van der Waals surface area contributed by atoms with Gasteiger partial charge in [-0.1, -0.05) is 54.1 Å². The number of nitrogens with one attached hydrogen (secondary N) is 2. The first-order valence-electron chi connectivity index (χ1n) is 12.0. The predicted octanol–water partition coefficient (Wildman–Crippen LogP) is 6.02. The normalized spacial score (nSPS) is 10.3. The molecule has 3 amide bonds. The number of rotatable bonds is 10. The van der Waals surface area contributed by atoms with Crippen LogP contribution in [0.1, 0.15) is 5.56 Å². The molecule has 0 fully saturated rings. The zero-order valence-electron chi connectivity index (χ0n) is 20.6. The van der Waals surface area contributed by atoms with Gasteiger partial charge in [0.1, 0.15) is 17.2 Å². The van der Waals surface area contributed by atoms with Gasteiger partial charge >= 0.3 is 6.03 Å². The lowest BCUT2D eigenvalue weighted by atomic mass is 10.2. The number of benzene rings is 4. The Morgan fingerprint density at radius 1 is 0.730 bits per heavy atom. The van der Waals surface area contributed by atoms with Crippen LogP contribution in [-0.4, -0.2) is 31.6 Å². The summed E-state index contributed by atoms with van der Waals surface area (Å²) in [7, 11) is 0. The number of nitrogens with zero attached hydrogens (tertiary/aromatic N) is 1. The van der Waals surface area contributed by atoms with Crippen LogP contribution in [0.25, 0.3) is 0 Å². The summed E-state index contributed by atoms with van der Waals surface area (Å²) < 4.78 is 11.4. The fourth-order valence-corrected chi connectivity index (χ4v) is 3.52. The third-order valence-corrected chi connectivity index (χ3v) is 5.45. The Labute approximate surface area is 216 Å². The van der Waals surface area contributed by atoms with Gasteiger partial charge in [-0.3, -0.25) is 9.69 Å². The maximum Gasteiger partial charge on any atom is 0.326 e. The molecule has 37 heavy (non-hydrogen) atoms. The van der Waals surface area contributed by atoms with E-state index >= 15 is 0 Å². The van der Waals surface area contributed by atoms with E-state index in [4.69, 9.17) is 9.47 Å². The summed E-state index contributed by atoms with van der Waals surface area (Å²) in [5.74, 6) is 1.73. The van der Waals surface area contributed by atoms with E-state index in [1.54, 1.807) is 29.2 Å². The van der Waals surface area contributed by atoms with Crippen LogP contribution in [0.4, 0.5) is 16.2 Å². The maximum atomic E-state index is 13.2. The van der Waals surface area contributed by atoms with Crippen molar-refractivity contribution in [3.8, 4) is 17.2 Å². The van der Waals surface area contributed by atoms with Crippen molar-refractivity contribution >= 4 is 23.3 Å². The SMILES string of the molecule is Cc1ccc(NC(=O)N(CCNC(=O)COc2ccccc2)c2ccc(Oc3ccccc3)cc2)cc1. The highest BCUT2D eigenvalue weighted by Crippen LogP contribution is 2.25. The van der Waals surface area contributed by atoms with E-state index in [2.05, 4.69) is 10.6 Å². The summed E-state index contributed by atoms with van der Waals surface area (Å²) in [6.07, 6.45) is 0. The second-order valence-corrected chi connectivity index (χ2v) is 8.31. The highest BCUT2D eigenvalue weighted by molar-refractivity contribution is 6.01. The number of anilines is 2. The molecule has 4 rings (SSSR count). The number of amides is 3. The molecule has 0 bridgehead atoms. The summed E-state index contributed by atoms with van der Waals surface area (Å²) in [5, 5.41) is 5.74. The lowest BCUT2D eigenvalue weighted by Crippen LogP contribution is -2.42. The van der Waals surface area contributed by atoms with Gasteiger partial charge in [0, 0.05) is 24.5 Å². The molecule has 0 aromatic heterocycles. The summed E-state index contributed by atoms with van der Waals surface area (Å²) in [5.41, 5.74) is 2.45. The van der Waals surface area contributed by atoms with E-state index in [0.717, 1.165) is 11.3 Å². The van der Waals surface area contributed by atoms with Crippen molar-refractivity contribution in [2.24, 2.45) is 0 Å². The number of carbonyl (C=O) groups is 2. The second-order valence-electron chi connectivity index (χ2n) is 8.31. The molecule has 0 saturated carbocycles. The Balaban J connectivity index is 1.39. The van der Waals surface area contributed by atoms with E-state index < -0.39 is 0 Å². The van der Waals surface area contributed by atoms with Gasteiger partial charge in [-0.25, -0.2) is 4.79 Å². The minimum Gasteiger partial charge on any atom is -0.484 e. The third-order valence-electron chi connectivity index (χ3n) is 5.45. The molecular formula is C30H29N3O4. The van der Waals surface area contributed by atoms with Gasteiger partial charge in [0.25, 0.3) is 5.91 Å². The zero-order valence-corrected chi connectivity index (χ0v) is 20.6. The lowest BCUT2D eigenvalue weighted by molar-refractivity contribution is -0.123. The molecule has 0 aliphatic carbocycles. The quantitative estimate of drug-likeness (QED) is 0.282. The van der Waals surface area contributed by atoms with Gasteiger partial charge in [0.2, 0.25) is 0 Å². The minimum atomic E-state index is -0.310. The van der Waals surface area contributed by atoms with Crippen LogP contribution < -0.4 is 25.0 Å². The van der Waals surface area contributed by atoms with Crippen molar-refractivity contribution in [1.82, 2.24) is 5.32 Å². The standard InChI is InChI=1S/C30H29N3O4/c1-23-12-14-24(15-13-23)32-30(35)33(21-20-31-29(34)22-36-26-8-4-2-5-9-26)25-16-18-28(19-17-25)37-27-10-6-3-7-11-27/h2-19H,20-22H2,1H3,(H,31,34)(H,32,35). The first-order valence-corrected chi connectivity index (χ1v) is 12.0. The summed E-state index contributed by atoms with van der Waals surface area (Å²) in [6, 6.07) is 33.1. The number of ether oxygens (including phenoxy) is 2. The van der Waals surface area contributed by atoms with Gasteiger partial charge in [0.05, 0.1) is 0 Å². The fraction of sp³-hybridized carbons (Fsp3) is 0.133. The van der Waals surface area contributed by atoms with Crippen molar-refractivity contribution in [3.63, 3.8) is 0 Å². The third kappa shape index (κ3) is 7.86. The number of urea groups is 1. The molecule has 7 nitrogen and oxygen atoms in total. The molecule has 4 aromatic rings. The van der Waals surface area contributed by atoms with Crippen LogP contribution in [0.3, 0.4) is 0 Å². The lowest BCUT2D eigenvalue weighted by Gasteiger charge is -2.24. The fourth-order valence-electron chi connectivity index (χ4n) is 3.52. The van der Waals surface area contributed by atoms with Crippen molar-refractivity contribution in [3.05, 3.63) is 115 Å². The van der Waals surface area contributed by atoms with Crippen molar-refractivity contribution in [2.45, 2.75) is 6.92 Å². The molecule has 0 saturated heterocycles. The molecule has 0 heterocycles. The van der Waals surface area contributed by atoms with Crippen LogP contribution in [0.5, 0.6) is 17.2 Å². The molecule has 0 atom stereocenters. The predicted molar refractivity (Wildman–Crippen MR) is 145 cm³/mol. The molecule has 0 radical (unpaired) electrons. The Morgan fingerprint density at radius 2 is 1.32 bits per heavy atom. The highest BCUT2D eigenvalue weighted by Gasteiger charge is 2.17. The van der Waals surface area contributed by atoms with E-state index in [1.807, 2.05) is 91.9 Å². The van der Waals surface area contributed by atoms with Crippen LogP contribution >= 0.6 is 0 Å². The van der Waals surface area contributed by atoms with Crippen LogP contribution in [0.2, 0.25) is 0 Å². The molecule has 0 aliphatic rings.